The molecule has 0 radical (unpaired) electrons. The van der Waals surface area contributed by atoms with Crippen LogP contribution >= 0.6 is 11.3 Å². The molecule has 0 unspecified atom stereocenters. The number of thiazole rings is 1. The molecular weight excluding hydrogens is 426 g/mol. The van der Waals surface area contributed by atoms with Crippen LogP contribution in [0.5, 0.6) is 11.5 Å². The first-order valence-electron chi connectivity index (χ1n) is 10.4. The predicted molar refractivity (Wildman–Crippen MR) is 128 cm³/mol. The number of aromatic nitrogens is 1. The molecule has 3 rings (SSSR count). The van der Waals surface area contributed by atoms with E-state index >= 15 is 0 Å². The van der Waals surface area contributed by atoms with Crippen molar-refractivity contribution in [2.75, 3.05) is 26.3 Å². The lowest BCUT2D eigenvalue weighted by atomic mass is 10.1. The summed E-state index contributed by atoms with van der Waals surface area (Å²) in [5.41, 5.74) is 5.13. The number of benzene rings is 2. The molecule has 0 bridgehead atoms. The number of rotatable bonds is 11. The average Bonchev–Trinajstić information content (AvgIpc) is 3.26. The number of ether oxygens (including phenoxy) is 3. The number of nitrogens with one attached hydrogen (secondary N) is 1. The van der Waals surface area contributed by atoms with Crippen molar-refractivity contribution in [1.29, 1.82) is 0 Å². The highest BCUT2D eigenvalue weighted by Crippen LogP contribution is 2.32. The second-order valence-corrected chi connectivity index (χ2v) is 7.89. The van der Waals surface area contributed by atoms with Crippen LogP contribution in [0.2, 0.25) is 0 Å². The molecule has 0 saturated heterocycles. The zero-order chi connectivity index (χ0) is 22.8. The lowest BCUT2D eigenvalue weighted by Crippen LogP contribution is -2.00. The Balaban J connectivity index is 1.71. The number of unbranched alkanes of at least 4 members (excludes halogenated alkanes) is 2. The Labute approximate surface area is 192 Å². The number of hydrogen-bond donors (Lipinski definition) is 1. The van der Waals surface area contributed by atoms with E-state index in [0.717, 1.165) is 30.4 Å². The van der Waals surface area contributed by atoms with Crippen LogP contribution in [-0.4, -0.2) is 38.0 Å². The lowest BCUT2D eigenvalue weighted by Gasteiger charge is -2.11. The van der Waals surface area contributed by atoms with Gasteiger partial charge in [0.1, 0.15) is 4.88 Å². The Kier molecular flexibility index (Phi) is 8.62. The minimum atomic E-state index is -0.433. The van der Waals surface area contributed by atoms with Crippen molar-refractivity contribution in [3.63, 3.8) is 0 Å². The highest BCUT2D eigenvalue weighted by Gasteiger charge is 2.19. The van der Waals surface area contributed by atoms with E-state index in [9.17, 15) is 4.79 Å². The quantitative estimate of drug-likeness (QED) is 0.176. The number of carbonyl (C=O) groups excluding carboxylic acids is 1. The number of esters is 1. The molecule has 1 N–H and O–H groups in total. The van der Waals surface area contributed by atoms with E-state index in [-0.39, 0.29) is 0 Å². The molecule has 8 heteroatoms. The van der Waals surface area contributed by atoms with Crippen LogP contribution < -0.4 is 14.9 Å². The monoisotopic (exact) mass is 453 g/mol. The average molecular weight is 454 g/mol. The van der Waals surface area contributed by atoms with Gasteiger partial charge in [-0.15, -0.1) is 0 Å². The summed E-state index contributed by atoms with van der Waals surface area (Å²) in [5.74, 6) is 0.931. The minimum Gasteiger partial charge on any atom is -0.493 e. The molecule has 168 valence electrons. The van der Waals surface area contributed by atoms with Crippen molar-refractivity contribution < 1.29 is 19.0 Å². The molecule has 0 aliphatic heterocycles. The topological polar surface area (TPSA) is 82.0 Å². The zero-order valence-corrected chi connectivity index (χ0v) is 19.3. The second kappa shape index (κ2) is 11.9. The molecule has 0 aliphatic rings. The standard InChI is InChI=1S/C24H27N3O4S/c1-4-5-9-14-31-19-13-12-17(15-20(19)29-2)16-25-27-24-26-21(18-10-7-6-8-11-18)22(32-24)23(28)30-3/h6-8,10-13,15-16H,4-5,9,14H2,1-3H3,(H,26,27)/b25-16-. The van der Waals surface area contributed by atoms with E-state index in [2.05, 4.69) is 22.4 Å². The molecule has 0 spiro atoms. The van der Waals surface area contributed by atoms with E-state index < -0.39 is 5.97 Å². The first-order valence-corrected chi connectivity index (χ1v) is 11.2. The maximum absolute atomic E-state index is 12.2. The number of hydrazone groups is 1. The van der Waals surface area contributed by atoms with Gasteiger partial charge in [-0.3, -0.25) is 5.43 Å². The molecule has 7 nitrogen and oxygen atoms in total. The third-order valence-electron chi connectivity index (χ3n) is 4.61. The van der Waals surface area contributed by atoms with Crippen LogP contribution in [0.25, 0.3) is 11.3 Å². The fourth-order valence-corrected chi connectivity index (χ4v) is 3.83. The van der Waals surface area contributed by atoms with Crippen molar-refractivity contribution in [3.8, 4) is 22.8 Å². The van der Waals surface area contributed by atoms with Gasteiger partial charge in [0, 0.05) is 5.56 Å². The third-order valence-corrected chi connectivity index (χ3v) is 5.55. The molecule has 0 saturated carbocycles. The van der Waals surface area contributed by atoms with E-state index in [1.807, 2.05) is 48.5 Å². The fraction of sp³-hybridized carbons (Fsp3) is 0.292. The van der Waals surface area contributed by atoms with Gasteiger partial charge in [-0.05, 0) is 30.2 Å². The lowest BCUT2D eigenvalue weighted by molar-refractivity contribution is 0.0607. The van der Waals surface area contributed by atoms with Gasteiger partial charge in [0.15, 0.2) is 11.5 Å². The number of hydrogen-bond acceptors (Lipinski definition) is 8. The molecule has 0 amide bonds. The van der Waals surface area contributed by atoms with Crippen LogP contribution in [0.4, 0.5) is 5.13 Å². The largest absolute Gasteiger partial charge is 0.493 e. The normalized spacial score (nSPS) is 10.8. The van der Waals surface area contributed by atoms with Gasteiger partial charge in [-0.2, -0.15) is 5.10 Å². The molecule has 0 atom stereocenters. The van der Waals surface area contributed by atoms with Gasteiger partial charge >= 0.3 is 5.97 Å². The summed E-state index contributed by atoms with van der Waals surface area (Å²) >= 11 is 1.19. The summed E-state index contributed by atoms with van der Waals surface area (Å²) in [6, 6.07) is 15.1. The van der Waals surface area contributed by atoms with Gasteiger partial charge in [0.05, 0.1) is 32.7 Å². The van der Waals surface area contributed by atoms with Crippen molar-refractivity contribution in [2.45, 2.75) is 26.2 Å². The van der Waals surface area contributed by atoms with Crippen LogP contribution in [0, 0.1) is 0 Å². The Hall–Kier alpha value is -3.39. The molecule has 2 aromatic carbocycles. The summed E-state index contributed by atoms with van der Waals surface area (Å²) in [6.07, 6.45) is 4.96. The highest BCUT2D eigenvalue weighted by atomic mass is 32.1. The Bertz CT molecular complexity index is 1050. The number of carbonyl (C=O) groups is 1. The number of nitrogens with zero attached hydrogens (tertiary/aromatic N) is 2. The Morgan fingerprint density at radius 1 is 1.12 bits per heavy atom. The van der Waals surface area contributed by atoms with E-state index in [1.54, 1.807) is 13.3 Å². The summed E-state index contributed by atoms with van der Waals surface area (Å²) in [5, 5.41) is 4.75. The van der Waals surface area contributed by atoms with E-state index in [4.69, 9.17) is 14.2 Å². The van der Waals surface area contributed by atoms with Crippen molar-refractivity contribution in [3.05, 3.63) is 59.0 Å². The van der Waals surface area contributed by atoms with Gasteiger partial charge in [-0.25, -0.2) is 9.78 Å². The van der Waals surface area contributed by atoms with Gasteiger partial charge < -0.3 is 14.2 Å². The zero-order valence-electron chi connectivity index (χ0n) is 18.5. The molecule has 1 heterocycles. The first-order chi connectivity index (χ1) is 15.7. The summed E-state index contributed by atoms with van der Waals surface area (Å²) in [6.45, 7) is 2.82. The molecule has 0 aliphatic carbocycles. The maximum atomic E-state index is 12.2. The summed E-state index contributed by atoms with van der Waals surface area (Å²) in [4.78, 5) is 17.1. The van der Waals surface area contributed by atoms with E-state index in [0.29, 0.717) is 33.8 Å². The van der Waals surface area contributed by atoms with Crippen molar-refractivity contribution in [1.82, 2.24) is 4.98 Å². The minimum absolute atomic E-state index is 0.419. The molecular formula is C24H27N3O4S. The molecule has 0 fully saturated rings. The first kappa shape index (κ1) is 23.3. The van der Waals surface area contributed by atoms with E-state index in [1.165, 1.54) is 18.4 Å². The number of anilines is 1. The van der Waals surface area contributed by atoms with Gasteiger partial charge in [0.25, 0.3) is 0 Å². The van der Waals surface area contributed by atoms with Crippen LogP contribution in [0.15, 0.2) is 53.6 Å². The smallest absolute Gasteiger partial charge is 0.350 e. The van der Waals surface area contributed by atoms with Crippen molar-refractivity contribution >= 4 is 28.7 Å². The van der Waals surface area contributed by atoms with Crippen LogP contribution in [0.1, 0.15) is 41.4 Å². The highest BCUT2D eigenvalue weighted by molar-refractivity contribution is 7.17. The Morgan fingerprint density at radius 2 is 1.94 bits per heavy atom. The second-order valence-electron chi connectivity index (χ2n) is 6.89. The maximum Gasteiger partial charge on any atom is 0.350 e. The van der Waals surface area contributed by atoms with Gasteiger partial charge in [0.2, 0.25) is 5.13 Å². The Morgan fingerprint density at radius 3 is 2.66 bits per heavy atom. The third kappa shape index (κ3) is 6.07. The number of methoxy groups -OCH3 is 2. The summed E-state index contributed by atoms with van der Waals surface area (Å²) in [7, 11) is 2.97. The van der Waals surface area contributed by atoms with Crippen LogP contribution in [-0.2, 0) is 4.74 Å². The fourth-order valence-electron chi connectivity index (χ4n) is 2.97. The predicted octanol–water partition coefficient (Wildman–Crippen LogP) is 5.62. The molecule has 1 aromatic heterocycles. The van der Waals surface area contributed by atoms with Crippen molar-refractivity contribution in [2.24, 2.45) is 5.10 Å². The summed E-state index contributed by atoms with van der Waals surface area (Å²) < 4.78 is 16.2. The SMILES string of the molecule is CCCCCOc1ccc(/C=N\Nc2nc(-c3ccccc3)c(C(=O)OC)s2)cc1OC. The van der Waals surface area contributed by atoms with Crippen LogP contribution in [0.3, 0.4) is 0 Å². The van der Waals surface area contributed by atoms with Gasteiger partial charge in [-0.1, -0.05) is 61.4 Å². The molecule has 32 heavy (non-hydrogen) atoms. The molecule has 3 aromatic rings.